The molecule has 8 nitrogen and oxygen atoms in total. The summed E-state index contributed by atoms with van der Waals surface area (Å²) in [4.78, 5) is 40.8. The number of fused-ring (bicyclic) bond motifs is 1. The van der Waals surface area contributed by atoms with Gasteiger partial charge in [0, 0.05) is 35.1 Å². The third-order valence-corrected chi connectivity index (χ3v) is 7.29. The average Bonchev–Trinajstić information content (AvgIpc) is 2.90. The summed E-state index contributed by atoms with van der Waals surface area (Å²) >= 11 is 0. The van der Waals surface area contributed by atoms with Crippen LogP contribution in [0.2, 0.25) is 0 Å². The van der Waals surface area contributed by atoms with E-state index in [1.54, 1.807) is 25.1 Å². The molecule has 0 bridgehead atoms. The highest BCUT2D eigenvalue weighted by Crippen LogP contribution is 2.32. The van der Waals surface area contributed by atoms with Crippen molar-refractivity contribution in [1.29, 1.82) is 5.41 Å². The predicted molar refractivity (Wildman–Crippen MR) is 143 cm³/mol. The Morgan fingerprint density at radius 1 is 1.22 bits per heavy atom. The van der Waals surface area contributed by atoms with Crippen molar-refractivity contribution in [2.24, 2.45) is 5.92 Å². The number of morpholine rings is 1. The molecule has 0 spiro atoms. The molecule has 0 saturated carbocycles. The number of amides is 2. The van der Waals surface area contributed by atoms with E-state index in [1.165, 1.54) is 4.90 Å². The molecule has 2 aromatic carbocycles. The van der Waals surface area contributed by atoms with Gasteiger partial charge in [-0.2, -0.15) is 0 Å². The van der Waals surface area contributed by atoms with Crippen LogP contribution < -0.4 is 10.2 Å². The average molecular weight is 506 g/mol. The second kappa shape index (κ2) is 11.4. The number of carbonyl (C=O) groups excluding carboxylic acids is 3. The molecule has 1 aliphatic heterocycles. The lowest BCUT2D eigenvalue weighted by Crippen LogP contribution is -2.55. The lowest BCUT2D eigenvalue weighted by Gasteiger charge is -2.35. The summed E-state index contributed by atoms with van der Waals surface area (Å²) in [6, 6.07) is 10.7. The van der Waals surface area contributed by atoms with E-state index >= 15 is 0 Å². The Bertz CT molecular complexity index is 1220. The second-order valence-electron chi connectivity index (χ2n) is 9.80. The fourth-order valence-corrected chi connectivity index (χ4v) is 5.16. The van der Waals surface area contributed by atoms with Gasteiger partial charge in [-0.05, 0) is 73.6 Å². The fourth-order valence-electron chi connectivity index (χ4n) is 5.16. The van der Waals surface area contributed by atoms with Crippen molar-refractivity contribution in [1.82, 2.24) is 0 Å². The summed E-state index contributed by atoms with van der Waals surface area (Å²) in [6.07, 6.45) is 1.04. The van der Waals surface area contributed by atoms with Gasteiger partial charge in [-0.15, -0.1) is 0 Å². The van der Waals surface area contributed by atoms with E-state index in [0.717, 1.165) is 42.4 Å². The third kappa shape index (κ3) is 5.50. The van der Waals surface area contributed by atoms with Gasteiger partial charge in [0.1, 0.15) is 0 Å². The monoisotopic (exact) mass is 505 g/mol. The van der Waals surface area contributed by atoms with Crippen LogP contribution in [0.25, 0.3) is 0 Å². The number of rotatable bonds is 8. The molecule has 8 heteroatoms. The van der Waals surface area contributed by atoms with E-state index < -0.39 is 24.0 Å². The number of Topliss-reactive ketones (excluding diaryl/α,β-unsaturated/α-hetero) is 1. The molecule has 1 aliphatic carbocycles. The topological polar surface area (TPSA) is 120 Å². The van der Waals surface area contributed by atoms with Crippen LogP contribution in [-0.2, 0) is 27.2 Å². The molecule has 4 rings (SSSR count). The summed E-state index contributed by atoms with van der Waals surface area (Å²) in [5, 5.41) is 21.3. The Morgan fingerprint density at radius 3 is 2.70 bits per heavy atom. The van der Waals surface area contributed by atoms with Crippen LogP contribution in [0, 0.1) is 11.3 Å². The zero-order valence-corrected chi connectivity index (χ0v) is 21.7. The van der Waals surface area contributed by atoms with Crippen molar-refractivity contribution in [2.45, 2.75) is 65.1 Å². The van der Waals surface area contributed by atoms with Crippen molar-refractivity contribution in [3.05, 3.63) is 58.7 Å². The minimum atomic E-state index is -1.71. The second-order valence-corrected chi connectivity index (χ2v) is 9.80. The summed E-state index contributed by atoms with van der Waals surface area (Å²) in [6.45, 7) is 6.11. The molecule has 0 aromatic heterocycles. The number of ketones is 1. The van der Waals surface area contributed by atoms with Gasteiger partial charge in [0.05, 0.1) is 6.61 Å². The number of benzene rings is 2. The standard InChI is InChI=1S/C29H35N3O5/c1-4-6-20-8-7-19-9-11-22(16-23(19)25(20)33)32-13-14-37-27(29(32)36)26(34)28(35)31-24-12-10-21(17(3)30)15-18(24)5-2/h9-12,15-16,20,26-27,30,34H,4-8,13-14H2,1-3H3,(H,31,35). The van der Waals surface area contributed by atoms with Gasteiger partial charge in [0.2, 0.25) is 0 Å². The van der Waals surface area contributed by atoms with Crippen LogP contribution in [-0.4, -0.2) is 53.8 Å². The molecule has 37 heavy (non-hydrogen) atoms. The molecule has 1 saturated heterocycles. The number of hydrogen-bond acceptors (Lipinski definition) is 6. The first-order chi connectivity index (χ1) is 17.7. The van der Waals surface area contributed by atoms with E-state index in [9.17, 15) is 19.5 Å². The molecule has 0 radical (unpaired) electrons. The van der Waals surface area contributed by atoms with Gasteiger partial charge < -0.3 is 25.5 Å². The Kier molecular flexibility index (Phi) is 8.19. The Hall–Kier alpha value is -3.36. The number of nitrogens with one attached hydrogen (secondary N) is 2. The van der Waals surface area contributed by atoms with Gasteiger partial charge in [0.25, 0.3) is 11.8 Å². The highest BCUT2D eigenvalue weighted by atomic mass is 16.5. The van der Waals surface area contributed by atoms with Gasteiger partial charge in [-0.3, -0.25) is 14.4 Å². The largest absolute Gasteiger partial charge is 0.380 e. The van der Waals surface area contributed by atoms with Gasteiger partial charge in [0.15, 0.2) is 18.0 Å². The third-order valence-electron chi connectivity index (χ3n) is 7.29. The van der Waals surface area contributed by atoms with Crippen molar-refractivity contribution in [3.8, 4) is 0 Å². The first-order valence-electron chi connectivity index (χ1n) is 13.0. The van der Waals surface area contributed by atoms with Crippen molar-refractivity contribution in [2.75, 3.05) is 23.4 Å². The SMILES string of the molecule is CCCC1CCc2ccc(N3CCOC(C(O)C(=O)Nc4ccc(C(C)=N)cc4CC)C3=O)cc2C1=O. The van der Waals surface area contributed by atoms with E-state index in [1.807, 2.05) is 25.1 Å². The molecule has 2 aliphatic rings. The molecular formula is C29H35N3O5. The maximum Gasteiger partial charge on any atom is 0.259 e. The molecule has 3 atom stereocenters. The Labute approximate surface area is 217 Å². The molecule has 3 unspecified atom stereocenters. The highest BCUT2D eigenvalue weighted by molar-refractivity contribution is 6.06. The van der Waals surface area contributed by atoms with Crippen LogP contribution in [0.15, 0.2) is 36.4 Å². The van der Waals surface area contributed by atoms with E-state index in [2.05, 4.69) is 12.2 Å². The fraction of sp³-hybridized carbons (Fsp3) is 0.448. The minimum Gasteiger partial charge on any atom is -0.380 e. The first-order valence-corrected chi connectivity index (χ1v) is 13.0. The van der Waals surface area contributed by atoms with Crippen LogP contribution in [0.1, 0.15) is 67.1 Å². The number of anilines is 2. The lowest BCUT2D eigenvalue weighted by molar-refractivity contribution is -0.150. The normalized spacial score (nSPS) is 20.4. The van der Waals surface area contributed by atoms with Gasteiger partial charge in [-0.1, -0.05) is 32.4 Å². The number of aliphatic hydroxyl groups excluding tert-OH is 1. The quantitative estimate of drug-likeness (QED) is 0.470. The Morgan fingerprint density at radius 2 is 2.00 bits per heavy atom. The lowest BCUT2D eigenvalue weighted by atomic mass is 9.80. The number of hydrogen-bond donors (Lipinski definition) is 3. The number of aryl methyl sites for hydroxylation is 2. The molecule has 1 heterocycles. The minimum absolute atomic E-state index is 0.0106. The van der Waals surface area contributed by atoms with Crippen molar-refractivity contribution < 1.29 is 24.2 Å². The molecular weight excluding hydrogens is 470 g/mol. The summed E-state index contributed by atoms with van der Waals surface area (Å²) < 4.78 is 5.56. The van der Waals surface area contributed by atoms with Crippen LogP contribution in [0.5, 0.6) is 0 Å². The Balaban J connectivity index is 1.50. The van der Waals surface area contributed by atoms with Crippen LogP contribution in [0.4, 0.5) is 11.4 Å². The van der Waals surface area contributed by atoms with Gasteiger partial charge in [-0.25, -0.2) is 0 Å². The summed E-state index contributed by atoms with van der Waals surface area (Å²) in [5.41, 5.74) is 4.73. The molecule has 196 valence electrons. The number of carbonyl (C=O) groups is 3. The predicted octanol–water partition coefficient (Wildman–Crippen LogP) is 3.91. The summed E-state index contributed by atoms with van der Waals surface area (Å²) in [5.74, 6) is -1.13. The maximum absolute atomic E-state index is 13.3. The molecule has 2 aromatic rings. The van der Waals surface area contributed by atoms with Crippen molar-refractivity contribution in [3.63, 3.8) is 0 Å². The van der Waals surface area contributed by atoms with Crippen LogP contribution >= 0.6 is 0 Å². The van der Waals surface area contributed by atoms with E-state index in [4.69, 9.17) is 10.1 Å². The van der Waals surface area contributed by atoms with Crippen molar-refractivity contribution >= 4 is 34.7 Å². The van der Waals surface area contributed by atoms with Crippen LogP contribution in [0.3, 0.4) is 0 Å². The zero-order valence-electron chi connectivity index (χ0n) is 21.7. The summed E-state index contributed by atoms with van der Waals surface area (Å²) in [7, 11) is 0. The highest BCUT2D eigenvalue weighted by Gasteiger charge is 2.40. The molecule has 1 fully saturated rings. The van der Waals surface area contributed by atoms with E-state index in [0.29, 0.717) is 29.1 Å². The number of nitrogens with zero attached hydrogens (tertiary/aromatic N) is 1. The van der Waals surface area contributed by atoms with Gasteiger partial charge >= 0.3 is 0 Å². The zero-order chi connectivity index (χ0) is 26.7. The smallest absolute Gasteiger partial charge is 0.259 e. The maximum atomic E-state index is 13.3. The van der Waals surface area contributed by atoms with E-state index in [-0.39, 0.29) is 24.9 Å². The molecule has 3 N–H and O–H groups in total. The number of aliphatic hydroxyl groups is 1. The molecule has 2 amide bonds. The first kappa shape index (κ1) is 26.7. The number of ether oxygens (including phenoxy) is 1.